The zero-order valence-electron chi connectivity index (χ0n) is 11.3. The monoisotopic (exact) mass is 228 g/mol. The van der Waals surface area contributed by atoms with Crippen LogP contribution in [-0.2, 0) is 4.79 Å². The van der Waals surface area contributed by atoms with Crippen LogP contribution in [0.3, 0.4) is 0 Å². The third-order valence-corrected chi connectivity index (χ3v) is 3.07. The number of rotatable bonds is 8. The van der Waals surface area contributed by atoms with Crippen molar-refractivity contribution >= 4 is 5.91 Å². The van der Waals surface area contributed by atoms with Crippen LogP contribution in [0.25, 0.3) is 0 Å². The summed E-state index contributed by atoms with van der Waals surface area (Å²) in [6.45, 7) is 9.27. The second kappa shape index (κ2) is 8.57. The molecule has 0 rings (SSSR count). The average Bonchev–Trinajstić information content (AvgIpc) is 2.25. The largest absolute Gasteiger partial charge is 0.355 e. The maximum absolute atomic E-state index is 11.6. The van der Waals surface area contributed by atoms with Crippen LogP contribution in [0.4, 0.5) is 0 Å². The van der Waals surface area contributed by atoms with Crippen LogP contribution >= 0.6 is 0 Å². The number of nitrogens with one attached hydrogen (secondary N) is 1. The minimum Gasteiger partial charge on any atom is -0.355 e. The summed E-state index contributed by atoms with van der Waals surface area (Å²) in [6.07, 6.45) is 4.41. The van der Waals surface area contributed by atoms with E-state index in [9.17, 15) is 4.79 Å². The molecule has 0 radical (unpaired) electrons. The lowest BCUT2D eigenvalue weighted by Gasteiger charge is -2.17. The van der Waals surface area contributed by atoms with E-state index >= 15 is 0 Å². The molecule has 0 spiro atoms. The minimum atomic E-state index is -0.352. The molecule has 0 aliphatic rings. The highest BCUT2D eigenvalue weighted by molar-refractivity contribution is 5.81. The van der Waals surface area contributed by atoms with Crippen LogP contribution < -0.4 is 11.1 Å². The van der Waals surface area contributed by atoms with Crippen LogP contribution in [0.1, 0.15) is 53.4 Å². The SMILES string of the molecule is CCC(C)[C@H](N)C(=O)NCCCCC(C)C. The summed E-state index contributed by atoms with van der Waals surface area (Å²) in [5, 5.41) is 2.91. The molecule has 0 saturated carbocycles. The van der Waals surface area contributed by atoms with Gasteiger partial charge in [0.15, 0.2) is 0 Å². The van der Waals surface area contributed by atoms with E-state index < -0.39 is 0 Å². The van der Waals surface area contributed by atoms with Crippen molar-refractivity contribution in [3.8, 4) is 0 Å². The molecule has 1 amide bonds. The van der Waals surface area contributed by atoms with Crippen LogP contribution in [0.2, 0.25) is 0 Å². The first-order chi connectivity index (χ1) is 7.49. The van der Waals surface area contributed by atoms with Crippen molar-refractivity contribution < 1.29 is 4.79 Å². The molecule has 0 aromatic heterocycles. The Labute approximate surface area is 100 Å². The van der Waals surface area contributed by atoms with E-state index in [-0.39, 0.29) is 17.9 Å². The number of nitrogens with two attached hydrogens (primary N) is 1. The van der Waals surface area contributed by atoms with Gasteiger partial charge in [0.2, 0.25) is 5.91 Å². The predicted octanol–water partition coefficient (Wildman–Crippen LogP) is 2.30. The number of carbonyl (C=O) groups is 1. The molecule has 0 aromatic carbocycles. The molecule has 96 valence electrons. The topological polar surface area (TPSA) is 55.1 Å². The van der Waals surface area contributed by atoms with E-state index in [0.717, 1.165) is 25.3 Å². The highest BCUT2D eigenvalue weighted by atomic mass is 16.2. The van der Waals surface area contributed by atoms with Gasteiger partial charge in [-0.15, -0.1) is 0 Å². The Balaban J connectivity index is 3.57. The van der Waals surface area contributed by atoms with E-state index in [0.29, 0.717) is 0 Å². The van der Waals surface area contributed by atoms with E-state index in [1.165, 1.54) is 12.8 Å². The number of amides is 1. The molecule has 0 aliphatic heterocycles. The quantitative estimate of drug-likeness (QED) is 0.626. The van der Waals surface area contributed by atoms with E-state index in [4.69, 9.17) is 5.73 Å². The van der Waals surface area contributed by atoms with Crippen LogP contribution in [-0.4, -0.2) is 18.5 Å². The van der Waals surface area contributed by atoms with Gasteiger partial charge in [0, 0.05) is 6.54 Å². The maximum atomic E-state index is 11.6. The lowest BCUT2D eigenvalue weighted by Crippen LogP contribution is -2.44. The van der Waals surface area contributed by atoms with Gasteiger partial charge in [-0.2, -0.15) is 0 Å². The summed E-state index contributed by atoms with van der Waals surface area (Å²) in [6, 6.07) is -0.352. The van der Waals surface area contributed by atoms with Gasteiger partial charge in [0.1, 0.15) is 0 Å². The fraction of sp³-hybridized carbons (Fsp3) is 0.923. The van der Waals surface area contributed by atoms with Gasteiger partial charge < -0.3 is 11.1 Å². The molecule has 0 aliphatic carbocycles. The first kappa shape index (κ1) is 15.4. The number of unbranched alkanes of at least 4 members (excludes halogenated alkanes) is 1. The average molecular weight is 228 g/mol. The van der Waals surface area contributed by atoms with Crippen molar-refractivity contribution in [1.29, 1.82) is 0 Å². The zero-order valence-corrected chi connectivity index (χ0v) is 11.3. The molecule has 3 heteroatoms. The lowest BCUT2D eigenvalue weighted by atomic mass is 9.99. The number of carbonyl (C=O) groups excluding carboxylic acids is 1. The summed E-state index contributed by atoms with van der Waals surface area (Å²) in [4.78, 5) is 11.6. The zero-order chi connectivity index (χ0) is 12.6. The molecule has 16 heavy (non-hydrogen) atoms. The summed E-state index contributed by atoms with van der Waals surface area (Å²) in [7, 11) is 0. The first-order valence-electron chi connectivity index (χ1n) is 6.52. The molecular formula is C13H28N2O. The molecule has 3 nitrogen and oxygen atoms in total. The van der Waals surface area contributed by atoms with Crippen LogP contribution in [0.5, 0.6) is 0 Å². The summed E-state index contributed by atoms with van der Waals surface area (Å²) >= 11 is 0. The predicted molar refractivity (Wildman–Crippen MR) is 69.1 cm³/mol. The van der Waals surface area contributed by atoms with Gasteiger partial charge in [0.25, 0.3) is 0 Å². The summed E-state index contributed by atoms with van der Waals surface area (Å²) in [5.74, 6) is 1.01. The van der Waals surface area contributed by atoms with E-state index in [1.807, 2.05) is 6.92 Å². The molecule has 0 bridgehead atoms. The van der Waals surface area contributed by atoms with Crippen LogP contribution in [0, 0.1) is 11.8 Å². The highest BCUT2D eigenvalue weighted by Gasteiger charge is 2.18. The van der Waals surface area contributed by atoms with Gasteiger partial charge in [-0.3, -0.25) is 4.79 Å². The Hall–Kier alpha value is -0.570. The van der Waals surface area contributed by atoms with Gasteiger partial charge in [-0.25, -0.2) is 0 Å². The normalized spacial score (nSPS) is 14.9. The van der Waals surface area contributed by atoms with Crippen molar-refractivity contribution in [3.05, 3.63) is 0 Å². The molecular weight excluding hydrogens is 200 g/mol. The van der Waals surface area contributed by atoms with Gasteiger partial charge in [0.05, 0.1) is 6.04 Å². The number of hydrogen-bond donors (Lipinski definition) is 2. The third-order valence-electron chi connectivity index (χ3n) is 3.07. The molecule has 1 unspecified atom stereocenters. The van der Waals surface area contributed by atoms with Gasteiger partial charge in [-0.1, -0.05) is 47.0 Å². The molecule has 0 saturated heterocycles. The highest BCUT2D eigenvalue weighted by Crippen LogP contribution is 2.06. The minimum absolute atomic E-state index is 0.00102. The molecule has 0 fully saturated rings. The Morgan fingerprint density at radius 2 is 1.88 bits per heavy atom. The molecule has 0 heterocycles. The van der Waals surface area contributed by atoms with E-state index in [2.05, 4.69) is 26.1 Å². The summed E-state index contributed by atoms with van der Waals surface area (Å²) in [5.41, 5.74) is 5.82. The summed E-state index contributed by atoms with van der Waals surface area (Å²) < 4.78 is 0. The second-order valence-corrected chi connectivity index (χ2v) is 5.09. The Bertz CT molecular complexity index is 192. The molecule has 0 aromatic rings. The smallest absolute Gasteiger partial charge is 0.237 e. The third kappa shape index (κ3) is 6.83. The Morgan fingerprint density at radius 3 is 2.38 bits per heavy atom. The van der Waals surface area contributed by atoms with Crippen molar-refractivity contribution in [2.75, 3.05) is 6.54 Å². The Morgan fingerprint density at radius 1 is 1.25 bits per heavy atom. The van der Waals surface area contributed by atoms with Gasteiger partial charge >= 0.3 is 0 Å². The fourth-order valence-electron chi connectivity index (χ4n) is 1.52. The van der Waals surface area contributed by atoms with E-state index in [1.54, 1.807) is 0 Å². The second-order valence-electron chi connectivity index (χ2n) is 5.09. The van der Waals surface area contributed by atoms with Crippen molar-refractivity contribution in [3.63, 3.8) is 0 Å². The van der Waals surface area contributed by atoms with Crippen molar-refractivity contribution in [2.24, 2.45) is 17.6 Å². The first-order valence-corrected chi connectivity index (χ1v) is 6.52. The number of hydrogen-bond acceptors (Lipinski definition) is 2. The lowest BCUT2D eigenvalue weighted by molar-refractivity contribution is -0.123. The Kier molecular flexibility index (Phi) is 8.26. The fourth-order valence-corrected chi connectivity index (χ4v) is 1.52. The van der Waals surface area contributed by atoms with Crippen LogP contribution in [0.15, 0.2) is 0 Å². The molecule has 3 N–H and O–H groups in total. The van der Waals surface area contributed by atoms with Gasteiger partial charge in [-0.05, 0) is 18.3 Å². The maximum Gasteiger partial charge on any atom is 0.237 e. The van der Waals surface area contributed by atoms with Crippen molar-refractivity contribution in [1.82, 2.24) is 5.32 Å². The molecule has 2 atom stereocenters. The standard InChI is InChI=1S/C13H28N2O/c1-5-11(4)12(14)13(16)15-9-7-6-8-10(2)3/h10-12H,5-9,14H2,1-4H3,(H,15,16)/t11?,12-/m0/s1. The van der Waals surface area contributed by atoms with Crippen molar-refractivity contribution in [2.45, 2.75) is 59.4 Å².